The van der Waals surface area contributed by atoms with Crippen molar-refractivity contribution in [2.45, 2.75) is 33.1 Å². The van der Waals surface area contributed by atoms with Crippen molar-refractivity contribution in [1.82, 2.24) is 9.97 Å². The number of carbonyl (C=O) groups excluding carboxylic acids is 2. The number of carbonyl (C=O) groups is 2. The van der Waals surface area contributed by atoms with Crippen molar-refractivity contribution in [3.05, 3.63) is 82.5 Å². The molecule has 0 unspecified atom stereocenters. The number of aromatic nitrogens is 2. The van der Waals surface area contributed by atoms with Gasteiger partial charge >= 0.3 is 11.9 Å². The van der Waals surface area contributed by atoms with Crippen molar-refractivity contribution in [3.63, 3.8) is 0 Å². The van der Waals surface area contributed by atoms with E-state index in [1.807, 2.05) is 50.2 Å². The van der Waals surface area contributed by atoms with Crippen LogP contribution < -0.4 is 5.32 Å². The van der Waals surface area contributed by atoms with Crippen LogP contribution in [-0.4, -0.2) is 35.1 Å². The minimum absolute atomic E-state index is 0.300. The number of ether oxygens (including phenoxy) is 2. The largest absolute Gasteiger partial charge is 0.462 e. The number of aryl methyl sites for hydroxylation is 1. The van der Waals surface area contributed by atoms with E-state index in [-0.39, 0.29) is 11.9 Å². The quantitative estimate of drug-likeness (QED) is 0.213. The summed E-state index contributed by atoms with van der Waals surface area (Å²) in [5.74, 6) is -0.171. The fourth-order valence-electron chi connectivity index (χ4n) is 3.59. The third-order valence-corrected chi connectivity index (χ3v) is 6.65. The molecule has 0 atom stereocenters. The van der Waals surface area contributed by atoms with Crippen molar-refractivity contribution >= 4 is 45.0 Å². The van der Waals surface area contributed by atoms with E-state index in [1.54, 1.807) is 18.2 Å². The SMILES string of the molecule is CCCCOC(=O)c1cccc(Nc2ncnc3sc(C(=O)OCCc4ccccc4)c(C)c23)c1. The Balaban J connectivity index is 1.49. The maximum atomic E-state index is 12.8. The standard InChI is InChI=1S/C27H27N3O4S/c1-3-4-14-33-26(31)20-11-8-12-21(16-20)30-24-22-18(2)23(35-25(22)29-17-28-24)27(32)34-15-13-19-9-6-5-7-10-19/h5-12,16-17H,3-4,13-15H2,1-2H3,(H,28,29,30). The summed E-state index contributed by atoms with van der Waals surface area (Å²) in [7, 11) is 0. The molecule has 7 nitrogen and oxygen atoms in total. The number of nitrogens with one attached hydrogen (secondary N) is 1. The predicted molar refractivity (Wildman–Crippen MR) is 137 cm³/mol. The number of benzene rings is 2. The van der Waals surface area contributed by atoms with E-state index >= 15 is 0 Å². The molecule has 1 N–H and O–H groups in total. The second-order valence-electron chi connectivity index (χ2n) is 8.03. The summed E-state index contributed by atoms with van der Waals surface area (Å²) in [5, 5.41) is 4.02. The number of anilines is 2. The van der Waals surface area contributed by atoms with E-state index in [9.17, 15) is 9.59 Å². The average Bonchev–Trinajstić information content (AvgIpc) is 3.22. The molecule has 4 rings (SSSR count). The minimum Gasteiger partial charge on any atom is -0.462 e. The Morgan fingerprint density at radius 3 is 2.57 bits per heavy atom. The van der Waals surface area contributed by atoms with E-state index < -0.39 is 0 Å². The van der Waals surface area contributed by atoms with Crippen LogP contribution in [0.3, 0.4) is 0 Å². The van der Waals surface area contributed by atoms with Gasteiger partial charge < -0.3 is 14.8 Å². The van der Waals surface area contributed by atoms with Gasteiger partial charge in [0.05, 0.1) is 24.2 Å². The van der Waals surface area contributed by atoms with E-state index in [0.717, 1.165) is 29.4 Å². The Morgan fingerprint density at radius 2 is 1.77 bits per heavy atom. The second-order valence-corrected chi connectivity index (χ2v) is 9.02. The van der Waals surface area contributed by atoms with Gasteiger partial charge in [0.2, 0.25) is 0 Å². The van der Waals surface area contributed by atoms with Crippen LogP contribution in [0.25, 0.3) is 10.2 Å². The summed E-state index contributed by atoms with van der Waals surface area (Å²) in [6, 6.07) is 17.0. The van der Waals surface area contributed by atoms with Crippen LogP contribution in [0, 0.1) is 6.92 Å². The zero-order valence-electron chi connectivity index (χ0n) is 19.7. The number of nitrogens with zero attached hydrogens (tertiary/aromatic N) is 2. The first-order valence-electron chi connectivity index (χ1n) is 11.6. The molecule has 0 spiro atoms. The van der Waals surface area contributed by atoms with Crippen LogP contribution in [-0.2, 0) is 15.9 Å². The third kappa shape index (κ3) is 6.02. The summed E-state index contributed by atoms with van der Waals surface area (Å²) >= 11 is 1.28. The van der Waals surface area contributed by atoms with Gasteiger partial charge in [-0.15, -0.1) is 11.3 Å². The molecule has 0 saturated heterocycles. The lowest BCUT2D eigenvalue weighted by Crippen LogP contribution is -2.08. The van der Waals surface area contributed by atoms with Gasteiger partial charge in [0.15, 0.2) is 0 Å². The summed E-state index contributed by atoms with van der Waals surface area (Å²) < 4.78 is 10.8. The Hall–Kier alpha value is -3.78. The summed E-state index contributed by atoms with van der Waals surface area (Å²) in [6.45, 7) is 4.61. The van der Waals surface area contributed by atoms with Gasteiger partial charge in [0.1, 0.15) is 21.9 Å². The van der Waals surface area contributed by atoms with Crippen molar-refractivity contribution in [2.75, 3.05) is 18.5 Å². The first-order chi connectivity index (χ1) is 17.1. The molecular weight excluding hydrogens is 462 g/mol. The number of thiophene rings is 1. The number of unbranched alkanes of at least 4 members (excludes halogenated alkanes) is 1. The van der Waals surface area contributed by atoms with Crippen LogP contribution in [0.15, 0.2) is 60.9 Å². The van der Waals surface area contributed by atoms with Crippen molar-refractivity contribution in [1.29, 1.82) is 0 Å². The number of fused-ring (bicyclic) bond motifs is 1. The maximum absolute atomic E-state index is 12.8. The van der Waals surface area contributed by atoms with Crippen LogP contribution in [0.4, 0.5) is 11.5 Å². The molecule has 0 bridgehead atoms. The first kappa shape index (κ1) is 24.3. The second kappa shape index (κ2) is 11.6. The highest BCUT2D eigenvalue weighted by atomic mass is 32.1. The number of hydrogen-bond acceptors (Lipinski definition) is 8. The summed E-state index contributed by atoms with van der Waals surface area (Å²) in [4.78, 5) is 35.0. The molecule has 8 heteroatoms. The Kier molecular flexibility index (Phi) is 8.05. The normalized spacial score (nSPS) is 10.8. The molecule has 2 aromatic carbocycles. The van der Waals surface area contributed by atoms with E-state index in [1.165, 1.54) is 17.7 Å². The lowest BCUT2D eigenvalue weighted by molar-refractivity contribution is 0.0495. The van der Waals surface area contributed by atoms with Gasteiger partial charge in [-0.3, -0.25) is 0 Å². The fourth-order valence-corrected chi connectivity index (χ4v) is 4.63. The van der Waals surface area contributed by atoms with Gasteiger partial charge in [0.25, 0.3) is 0 Å². The highest BCUT2D eigenvalue weighted by Gasteiger charge is 2.21. The molecule has 2 heterocycles. The monoisotopic (exact) mass is 489 g/mol. The molecule has 0 fully saturated rings. The van der Waals surface area contributed by atoms with Gasteiger partial charge in [0, 0.05) is 12.1 Å². The highest BCUT2D eigenvalue weighted by molar-refractivity contribution is 7.20. The van der Waals surface area contributed by atoms with E-state index in [4.69, 9.17) is 9.47 Å². The molecule has 180 valence electrons. The molecular formula is C27H27N3O4S. The average molecular weight is 490 g/mol. The first-order valence-corrected chi connectivity index (χ1v) is 12.4. The molecule has 0 radical (unpaired) electrons. The van der Waals surface area contributed by atoms with Crippen LogP contribution >= 0.6 is 11.3 Å². The molecule has 0 saturated carbocycles. The molecule has 0 amide bonds. The Bertz CT molecular complexity index is 1320. The van der Waals surface area contributed by atoms with Crippen LogP contribution in [0.2, 0.25) is 0 Å². The smallest absolute Gasteiger partial charge is 0.348 e. The molecule has 2 aromatic heterocycles. The molecule has 35 heavy (non-hydrogen) atoms. The molecule has 4 aromatic rings. The maximum Gasteiger partial charge on any atom is 0.348 e. The van der Waals surface area contributed by atoms with Crippen LogP contribution in [0.1, 0.15) is 50.9 Å². The minimum atomic E-state index is -0.371. The molecule has 0 aliphatic heterocycles. The molecule has 0 aliphatic rings. The summed E-state index contributed by atoms with van der Waals surface area (Å²) in [6.07, 6.45) is 3.90. The van der Waals surface area contributed by atoms with Gasteiger partial charge in [-0.2, -0.15) is 0 Å². The number of hydrogen-bond donors (Lipinski definition) is 1. The molecule has 0 aliphatic carbocycles. The number of esters is 2. The third-order valence-electron chi connectivity index (χ3n) is 5.47. The Labute approximate surface area is 208 Å². The number of rotatable bonds is 10. The van der Waals surface area contributed by atoms with E-state index in [2.05, 4.69) is 15.3 Å². The van der Waals surface area contributed by atoms with Gasteiger partial charge in [-0.25, -0.2) is 19.6 Å². The highest BCUT2D eigenvalue weighted by Crippen LogP contribution is 2.35. The predicted octanol–water partition coefficient (Wildman–Crippen LogP) is 6.10. The zero-order chi connectivity index (χ0) is 24.6. The van der Waals surface area contributed by atoms with Crippen molar-refractivity contribution in [3.8, 4) is 0 Å². The van der Waals surface area contributed by atoms with Crippen molar-refractivity contribution < 1.29 is 19.1 Å². The topological polar surface area (TPSA) is 90.4 Å². The zero-order valence-corrected chi connectivity index (χ0v) is 20.6. The van der Waals surface area contributed by atoms with Crippen molar-refractivity contribution in [2.24, 2.45) is 0 Å². The van der Waals surface area contributed by atoms with Gasteiger partial charge in [-0.1, -0.05) is 49.7 Å². The lowest BCUT2D eigenvalue weighted by Gasteiger charge is -2.09. The van der Waals surface area contributed by atoms with Gasteiger partial charge in [-0.05, 0) is 42.7 Å². The van der Waals surface area contributed by atoms with E-state index in [0.29, 0.717) is 46.4 Å². The lowest BCUT2D eigenvalue weighted by atomic mass is 10.1. The summed E-state index contributed by atoms with van der Waals surface area (Å²) in [5.41, 5.74) is 3.02. The van der Waals surface area contributed by atoms with Crippen LogP contribution in [0.5, 0.6) is 0 Å². The Morgan fingerprint density at radius 1 is 0.971 bits per heavy atom. The fraction of sp³-hybridized carbons (Fsp3) is 0.259.